The third kappa shape index (κ3) is 4.93. The molecule has 0 fully saturated rings. The Kier molecular flexibility index (Phi) is 6.44. The standard InChI is InChI=1S/C28H25N5O4/c1-37-20-9-10-22-18(13-20)14-23(32-22)27(35)33-24(17-5-3-2-4-6-17)25(34)28(36)31-19-8-7-16-11-12-30-26(29)21(16)15-19/h2-15,24-25,32,34H,1H3,(H2,29,30)(H,31,36)(H,33,35). The number of hydrogen-bond donors (Lipinski definition) is 5. The number of anilines is 2. The first-order valence-corrected chi connectivity index (χ1v) is 11.6. The first-order chi connectivity index (χ1) is 17.9. The molecule has 3 aromatic carbocycles. The van der Waals surface area contributed by atoms with E-state index in [-0.39, 0.29) is 5.69 Å². The van der Waals surface area contributed by atoms with Gasteiger partial charge in [0.05, 0.1) is 13.2 Å². The lowest BCUT2D eigenvalue weighted by atomic mass is 10.00. The maximum atomic E-state index is 13.2. The number of methoxy groups -OCH3 is 1. The third-order valence-electron chi connectivity index (χ3n) is 6.17. The Balaban J connectivity index is 1.39. The van der Waals surface area contributed by atoms with E-state index in [2.05, 4.69) is 20.6 Å². The molecule has 2 atom stereocenters. The van der Waals surface area contributed by atoms with Crippen molar-refractivity contribution < 1.29 is 19.4 Å². The number of aliphatic hydroxyl groups is 1. The van der Waals surface area contributed by atoms with E-state index in [1.807, 2.05) is 24.3 Å². The zero-order chi connectivity index (χ0) is 25.9. The Morgan fingerprint density at radius 1 is 1.00 bits per heavy atom. The molecule has 0 saturated heterocycles. The molecule has 5 aromatic rings. The topological polar surface area (TPSA) is 142 Å². The number of amides is 2. The van der Waals surface area contributed by atoms with Gasteiger partial charge in [-0.1, -0.05) is 36.4 Å². The molecule has 5 rings (SSSR count). The minimum atomic E-state index is -1.59. The molecule has 0 aliphatic heterocycles. The van der Waals surface area contributed by atoms with Crippen molar-refractivity contribution in [2.75, 3.05) is 18.2 Å². The lowest BCUT2D eigenvalue weighted by Gasteiger charge is -2.24. The Morgan fingerprint density at radius 2 is 1.81 bits per heavy atom. The number of nitrogen functional groups attached to an aromatic ring is 1. The zero-order valence-electron chi connectivity index (χ0n) is 19.9. The molecule has 0 saturated carbocycles. The van der Waals surface area contributed by atoms with Crippen LogP contribution in [0.25, 0.3) is 21.7 Å². The molecular formula is C28H25N5O4. The van der Waals surface area contributed by atoms with Crippen molar-refractivity contribution in [2.45, 2.75) is 12.1 Å². The fourth-order valence-electron chi connectivity index (χ4n) is 4.22. The number of benzene rings is 3. The lowest BCUT2D eigenvalue weighted by Crippen LogP contribution is -2.42. The highest BCUT2D eigenvalue weighted by atomic mass is 16.5. The minimum absolute atomic E-state index is 0.286. The van der Waals surface area contributed by atoms with E-state index in [9.17, 15) is 14.7 Å². The highest BCUT2D eigenvalue weighted by Crippen LogP contribution is 2.25. The monoisotopic (exact) mass is 495 g/mol. The summed E-state index contributed by atoms with van der Waals surface area (Å²) in [6.45, 7) is 0. The van der Waals surface area contributed by atoms with Crippen LogP contribution in [0.4, 0.5) is 11.5 Å². The largest absolute Gasteiger partial charge is 0.497 e. The van der Waals surface area contributed by atoms with Gasteiger partial charge in [0, 0.05) is 28.2 Å². The molecule has 9 nitrogen and oxygen atoms in total. The molecule has 0 radical (unpaired) electrons. The number of H-pyrrole nitrogens is 1. The first kappa shape index (κ1) is 23.8. The van der Waals surface area contributed by atoms with Crippen molar-refractivity contribution in [3.8, 4) is 5.75 Å². The SMILES string of the molecule is COc1ccc2[nH]c(C(=O)NC(c3ccccc3)C(O)C(=O)Nc3ccc4ccnc(N)c4c3)cc2c1. The number of aliphatic hydroxyl groups excluding tert-OH is 1. The molecule has 0 spiro atoms. The van der Waals surface area contributed by atoms with Crippen molar-refractivity contribution in [2.24, 2.45) is 0 Å². The summed E-state index contributed by atoms with van der Waals surface area (Å²) in [5, 5.41) is 18.9. The van der Waals surface area contributed by atoms with Crippen LogP contribution < -0.4 is 21.1 Å². The van der Waals surface area contributed by atoms with Gasteiger partial charge in [-0.3, -0.25) is 9.59 Å². The fraction of sp³-hybridized carbons (Fsp3) is 0.107. The van der Waals surface area contributed by atoms with Gasteiger partial charge in [0.2, 0.25) is 0 Å². The summed E-state index contributed by atoms with van der Waals surface area (Å²) in [4.78, 5) is 33.4. The summed E-state index contributed by atoms with van der Waals surface area (Å²) < 4.78 is 5.25. The summed E-state index contributed by atoms with van der Waals surface area (Å²) in [6, 6.07) is 21.9. The number of nitrogens with two attached hydrogens (primary N) is 1. The van der Waals surface area contributed by atoms with Gasteiger partial charge in [0.25, 0.3) is 11.8 Å². The van der Waals surface area contributed by atoms with Gasteiger partial charge in [-0.05, 0) is 53.4 Å². The van der Waals surface area contributed by atoms with Gasteiger partial charge in [-0.25, -0.2) is 4.98 Å². The summed E-state index contributed by atoms with van der Waals surface area (Å²) in [5.41, 5.74) is 8.02. The van der Waals surface area contributed by atoms with Crippen LogP contribution in [-0.2, 0) is 4.79 Å². The number of rotatable bonds is 7. The van der Waals surface area contributed by atoms with Crippen LogP contribution in [0.2, 0.25) is 0 Å². The number of nitrogens with zero attached hydrogens (tertiary/aromatic N) is 1. The molecule has 37 heavy (non-hydrogen) atoms. The molecular weight excluding hydrogens is 470 g/mol. The van der Waals surface area contributed by atoms with Crippen LogP contribution in [0.3, 0.4) is 0 Å². The maximum Gasteiger partial charge on any atom is 0.268 e. The highest BCUT2D eigenvalue weighted by Gasteiger charge is 2.30. The second-order valence-electron chi connectivity index (χ2n) is 8.56. The smallest absolute Gasteiger partial charge is 0.268 e. The molecule has 0 bridgehead atoms. The Bertz CT molecular complexity index is 1600. The zero-order valence-corrected chi connectivity index (χ0v) is 19.9. The quantitative estimate of drug-likeness (QED) is 0.233. The minimum Gasteiger partial charge on any atom is -0.497 e. The van der Waals surface area contributed by atoms with Gasteiger partial charge in [0.15, 0.2) is 6.10 Å². The molecule has 2 amide bonds. The van der Waals surface area contributed by atoms with Gasteiger partial charge in [-0.15, -0.1) is 0 Å². The number of fused-ring (bicyclic) bond motifs is 2. The van der Waals surface area contributed by atoms with Crippen molar-refractivity contribution in [1.29, 1.82) is 0 Å². The molecule has 0 aliphatic carbocycles. The van der Waals surface area contributed by atoms with Gasteiger partial charge in [-0.2, -0.15) is 0 Å². The maximum absolute atomic E-state index is 13.2. The average molecular weight is 496 g/mol. The number of ether oxygens (including phenoxy) is 1. The van der Waals surface area contributed by atoms with Crippen molar-refractivity contribution in [3.05, 3.63) is 96.3 Å². The van der Waals surface area contributed by atoms with E-state index >= 15 is 0 Å². The molecule has 2 aromatic heterocycles. The van der Waals surface area contributed by atoms with Gasteiger partial charge in [0.1, 0.15) is 17.3 Å². The Hall–Kier alpha value is -4.89. The van der Waals surface area contributed by atoms with E-state index in [0.717, 1.165) is 16.3 Å². The molecule has 0 aliphatic rings. The number of aromatic nitrogens is 2. The first-order valence-electron chi connectivity index (χ1n) is 11.6. The second-order valence-corrected chi connectivity index (χ2v) is 8.56. The van der Waals surface area contributed by atoms with E-state index < -0.39 is 24.0 Å². The van der Waals surface area contributed by atoms with Gasteiger partial charge < -0.3 is 31.2 Å². The number of carbonyl (C=O) groups is 2. The fourth-order valence-corrected chi connectivity index (χ4v) is 4.22. The Labute approximate surface area is 212 Å². The second kappa shape index (κ2) is 10.00. The molecule has 2 unspecified atom stereocenters. The van der Waals surface area contributed by atoms with Crippen LogP contribution in [0.15, 0.2) is 85.1 Å². The number of aromatic amines is 1. The van der Waals surface area contributed by atoms with Crippen molar-refractivity contribution in [3.63, 3.8) is 0 Å². The summed E-state index contributed by atoms with van der Waals surface area (Å²) in [5.74, 6) is -0.156. The van der Waals surface area contributed by atoms with Gasteiger partial charge >= 0.3 is 0 Å². The van der Waals surface area contributed by atoms with E-state index in [1.54, 1.807) is 67.9 Å². The van der Waals surface area contributed by atoms with E-state index in [1.165, 1.54) is 0 Å². The number of carbonyl (C=O) groups excluding carboxylic acids is 2. The summed E-state index contributed by atoms with van der Waals surface area (Å²) in [6.07, 6.45) is 0.0222. The Morgan fingerprint density at radius 3 is 2.59 bits per heavy atom. The molecule has 9 heteroatoms. The molecule has 186 valence electrons. The van der Waals surface area contributed by atoms with Crippen LogP contribution in [0.5, 0.6) is 5.75 Å². The normalized spacial score (nSPS) is 12.7. The summed E-state index contributed by atoms with van der Waals surface area (Å²) >= 11 is 0. The van der Waals surface area contributed by atoms with Crippen LogP contribution in [-0.4, -0.2) is 40.1 Å². The van der Waals surface area contributed by atoms with Crippen molar-refractivity contribution in [1.82, 2.24) is 15.3 Å². The average Bonchev–Trinajstić information content (AvgIpc) is 3.36. The molecule has 6 N–H and O–H groups in total. The number of hydrogen-bond acceptors (Lipinski definition) is 6. The van der Waals surface area contributed by atoms with Crippen LogP contribution in [0.1, 0.15) is 22.1 Å². The lowest BCUT2D eigenvalue weighted by molar-refractivity contribution is -0.125. The van der Waals surface area contributed by atoms with Crippen LogP contribution in [0, 0.1) is 0 Å². The number of nitrogens with one attached hydrogen (secondary N) is 3. The predicted octanol–water partition coefficient (Wildman–Crippen LogP) is 3.78. The predicted molar refractivity (Wildman–Crippen MR) is 142 cm³/mol. The highest BCUT2D eigenvalue weighted by molar-refractivity contribution is 6.01. The number of pyridine rings is 1. The van der Waals surface area contributed by atoms with Crippen molar-refractivity contribution >= 4 is 45.0 Å². The third-order valence-corrected chi connectivity index (χ3v) is 6.17. The summed E-state index contributed by atoms with van der Waals surface area (Å²) in [7, 11) is 1.57. The van der Waals surface area contributed by atoms with E-state index in [0.29, 0.717) is 28.2 Å². The molecule has 2 heterocycles. The van der Waals surface area contributed by atoms with Crippen LogP contribution >= 0.6 is 0 Å². The van der Waals surface area contributed by atoms with E-state index in [4.69, 9.17) is 10.5 Å².